The van der Waals surface area contributed by atoms with E-state index in [-0.39, 0.29) is 0 Å². The van der Waals surface area contributed by atoms with E-state index < -0.39 is 0 Å². The van der Waals surface area contributed by atoms with E-state index in [9.17, 15) is 0 Å². The van der Waals surface area contributed by atoms with Crippen LogP contribution in [0.3, 0.4) is 0 Å². The number of nitrogens with zero attached hydrogens (tertiary/aromatic N) is 2. The molecule has 1 aromatic heterocycles. The lowest BCUT2D eigenvalue weighted by atomic mass is 10.2. The third-order valence-electron chi connectivity index (χ3n) is 2.32. The van der Waals surface area contributed by atoms with Gasteiger partial charge in [0, 0.05) is 7.05 Å². The molecule has 0 bridgehead atoms. The van der Waals surface area contributed by atoms with Crippen molar-refractivity contribution in [3.8, 4) is 0 Å². The van der Waals surface area contributed by atoms with Crippen molar-refractivity contribution < 1.29 is 0 Å². The lowest BCUT2D eigenvalue weighted by Gasteiger charge is -1.99. The van der Waals surface area contributed by atoms with E-state index in [1.807, 2.05) is 13.0 Å². The van der Waals surface area contributed by atoms with Crippen LogP contribution in [-0.2, 0) is 7.05 Å². The van der Waals surface area contributed by atoms with Crippen LogP contribution in [0.15, 0.2) is 18.2 Å². The molecule has 12 heavy (non-hydrogen) atoms. The molecule has 0 aliphatic carbocycles. The predicted molar refractivity (Wildman–Crippen MR) is 50.2 cm³/mol. The van der Waals surface area contributed by atoms with Crippen molar-refractivity contribution in [2.24, 2.45) is 7.05 Å². The highest BCUT2D eigenvalue weighted by atomic mass is 15.0. The summed E-state index contributed by atoms with van der Waals surface area (Å²) in [4.78, 5) is 4.44. The van der Waals surface area contributed by atoms with Gasteiger partial charge in [0.15, 0.2) is 0 Å². The summed E-state index contributed by atoms with van der Waals surface area (Å²) in [5.74, 6) is 1.07. The zero-order valence-corrected chi connectivity index (χ0v) is 7.63. The molecule has 0 amide bonds. The monoisotopic (exact) mass is 160 g/mol. The van der Waals surface area contributed by atoms with Gasteiger partial charge in [0.2, 0.25) is 0 Å². The van der Waals surface area contributed by atoms with Crippen molar-refractivity contribution in [3.05, 3.63) is 29.6 Å². The Balaban J connectivity index is 2.97. The highest BCUT2D eigenvalue weighted by Crippen LogP contribution is 2.17. The van der Waals surface area contributed by atoms with Crippen molar-refractivity contribution in [2.45, 2.75) is 13.8 Å². The number of aryl methyl sites for hydroxylation is 3. The van der Waals surface area contributed by atoms with Crippen LogP contribution in [0.2, 0.25) is 0 Å². The molecule has 1 aromatic carbocycles. The van der Waals surface area contributed by atoms with Crippen LogP contribution in [0.4, 0.5) is 0 Å². The van der Waals surface area contributed by atoms with Gasteiger partial charge in [-0.1, -0.05) is 12.1 Å². The Morgan fingerprint density at radius 1 is 1.25 bits per heavy atom. The van der Waals surface area contributed by atoms with Crippen molar-refractivity contribution in [1.29, 1.82) is 0 Å². The van der Waals surface area contributed by atoms with Gasteiger partial charge in [0.05, 0.1) is 11.0 Å². The van der Waals surface area contributed by atoms with Gasteiger partial charge in [-0.25, -0.2) is 4.98 Å². The van der Waals surface area contributed by atoms with Crippen LogP contribution in [0.25, 0.3) is 11.0 Å². The number of benzene rings is 1. The molecule has 1 heterocycles. The molecule has 0 N–H and O–H groups in total. The minimum absolute atomic E-state index is 1.07. The Morgan fingerprint density at radius 3 is 2.67 bits per heavy atom. The summed E-state index contributed by atoms with van der Waals surface area (Å²) >= 11 is 0. The predicted octanol–water partition coefficient (Wildman–Crippen LogP) is 2.19. The van der Waals surface area contributed by atoms with Crippen LogP contribution < -0.4 is 0 Å². The Bertz CT molecular complexity index is 427. The van der Waals surface area contributed by atoms with Gasteiger partial charge in [0.25, 0.3) is 0 Å². The molecule has 2 rings (SSSR count). The number of fused-ring (bicyclic) bond motifs is 1. The smallest absolute Gasteiger partial charge is 0.106 e. The summed E-state index contributed by atoms with van der Waals surface area (Å²) in [6.45, 7) is 4.14. The van der Waals surface area contributed by atoms with E-state index in [2.05, 4.69) is 35.7 Å². The number of hydrogen-bond acceptors (Lipinski definition) is 1. The summed E-state index contributed by atoms with van der Waals surface area (Å²) < 4.78 is 2.13. The molecule has 0 saturated heterocycles. The van der Waals surface area contributed by atoms with Crippen LogP contribution in [0.1, 0.15) is 11.4 Å². The number of hydrogen-bond donors (Lipinski definition) is 0. The molecule has 0 aliphatic heterocycles. The Morgan fingerprint density at radius 2 is 2.00 bits per heavy atom. The average Bonchev–Trinajstić information content (AvgIpc) is 2.29. The van der Waals surface area contributed by atoms with Crippen LogP contribution in [0.5, 0.6) is 0 Å². The number of imidazole rings is 1. The van der Waals surface area contributed by atoms with Gasteiger partial charge in [-0.15, -0.1) is 0 Å². The molecular formula is C10H12N2. The second kappa shape index (κ2) is 2.34. The number of para-hydroxylation sites is 1. The molecule has 62 valence electrons. The van der Waals surface area contributed by atoms with Crippen LogP contribution >= 0.6 is 0 Å². The third kappa shape index (κ3) is 0.843. The molecule has 0 atom stereocenters. The number of rotatable bonds is 0. The SMILES string of the molecule is Cc1cccc2nc(C)n(C)c12. The molecular weight excluding hydrogens is 148 g/mol. The van der Waals surface area contributed by atoms with Gasteiger partial charge in [0.1, 0.15) is 5.82 Å². The molecule has 0 fully saturated rings. The van der Waals surface area contributed by atoms with E-state index in [1.165, 1.54) is 11.1 Å². The maximum atomic E-state index is 4.44. The van der Waals surface area contributed by atoms with Crippen molar-refractivity contribution in [2.75, 3.05) is 0 Å². The van der Waals surface area contributed by atoms with Crippen molar-refractivity contribution in [1.82, 2.24) is 9.55 Å². The molecule has 0 spiro atoms. The first kappa shape index (κ1) is 7.35. The highest BCUT2D eigenvalue weighted by Gasteiger charge is 2.04. The first-order chi connectivity index (χ1) is 5.70. The fraction of sp³-hybridized carbons (Fsp3) is 0.300. The van der Waals surface area contributed by atoms with Crippen LogP contribution in [-0.4, -0.2) is 9.55 Å². The standard InChI is InChI=1S/C10H12N2/c1-7-5-4-6-9-10(7)12(3)8(2)11-9/h4-6H,1-3H3. The van der Waals surface area contributed by atoms with Gasteiger partial charge in [-0.2, -0.15) is 0 Å². The minimum atomic E-state index is 1.07. The Labute approximate surface area is 71.8 Å². The second-order valence-corrected chi connectivity index (χ2v) is 3.16. The zero-order valence-electron chi connectivity index (χ0n) is 7.63. The van der Waals surface area contributed by atoms with E-state index in [4.69, 9.17) is 0 Å². The molecule has 0 saturated carbocycles. The van der Waals surface area contributed by atoms with E-state index in [1.54, 1.807) is 0 Å². The molecule has 2 aromatic rings. The first-order valence-electron chi connectivity index (χ1n) is 4.09. The second-order valence-electron chi connectivity index (χ2n) is 3.16. The first-order valence-corrected chi connectivity index (χ1v) is 4.09. The van der Waals surface area contributed by atoms with Gasteiger partial charge in [-0.3, -0.25) is 0 Å². The molecule has 0 unspecified atom stereocenters. The molecule has 0 aliphatic rings. The lowest BCUT2D eigenvalue weighted by Crippen LogP contribution is -1.91. The van der Waals surface area contributed by atoms with E-state index >= 15 is 0 Å². The Kier molecular flexibility index (Phi) is 1.43. The lowest BCUT2D eigenvalue weighted by molar-refractivity contribution is 0.883. The fourth-order valence-corrected chi connectivity index (χ4v) is 1.58. The normalized spacial score (nSPS) is 10.9. The van der Waals surface area contributed by atoms with E-state index in [0.717, 1.165) is 11.3 Å². The van der Waals surface area contributed by atoms with Crippen LogP contribution in [0, 0.1) is 13.8 Å². The Hall–Kier alpha value is -1.31. The molecule has 0 radical (unpaired) electrons. The molecule has 2 nitrogen and oxygen atoms in total. The molecule has 2 heteroatoms. The fourth-order valence-electron chi connectivity index (χ4n) is 1.58. The van der Waals surface area contributed by atoms with Crippen molar-refractivity contribution >= 4 is 11.0 Å². The number of aromatic nitrogens is 2. The maximum absolute atomic E-state index is 4.44. The summed E-state index contributed by atoms with van der Waals surface area (Å²) in [7, 11) is 2.05. The van der Waals surface area contributed by atoms with Gasteiger partial charge < -0.3 is 4.57 Å². The summed E-state index contributed by atoms with van der Waals surface area (Å²) in [5, 5.41) is 0. The topological polar surface area (TPSA) is 17.8 Å². The maximum Gasteiger partial charge on any atom is 0.106 e. The highest BCUT2D eigenvalue weighted by molar-refractivity contribution is 5.79. The average molecular weight is 160 g/mol. The summed E-state index contributed by atoms with van der Waals surface area (Å²) in [6, 6.07) is 6.21. The van der Waals surface area contributed by atoms with E-state index in [0.29, 0.717) is 0 Å². The summed E-state index contributed by atoms with van der Waals surface area (Å²) in [5.41, 5.74) is 3.63. The quantitative estimate of drug-likeness (QED) is 0.577. The third-order valence-corrected chi connectivity index (χ3v) is 2.32. The van der Waals surface area contributed by atoms with Crippen molar-refractivity contribution in [3.63, 3.8) is 0 Å². The zero-order chi connectivity index (χ0) is 8.72. The van der Waals surface area contributed by atoms with Gasteiger partial charge >= 0.3 is 0 Å². The summed E-state index contributed by atoms with van der Waals surface area (Å²) in [6.07, 6.45) is 0. The largest absolute Gasteiger partial charge is 0.331 e. The minimum Gasteiger partial charge on any atom is -0.331 e. The van der Waals surface area contributed by atoms with Gasteiger partial charge in [-0.05, 0) is 25.5 Å².